The molecule has 0 unspecified atom stereocenters. The van der Waals surface area contributed by atoms with Crippen LogP contribution in [0.2, 0.25) is 0 Å². The average molecular weight is 336 g/mol. The standard InChI is InChI=1S/C14H14BrN3S/c1-3-10-4-5-11(19-10)12-13(16)18-7-9(15)6-8(2)14(18)17-12/h4-7H,3,16H2,1-2H3. The maximum Gasteiger partial charge on any atom is 0.142 e. The van der Waals surface area contributed by atoms with Crippen molar-refractivity contribution in [1.82, 2.24) is 9.38 Å². The van der Waals surface area contributed by atoms with Crippen LogP contribution in [-0.2, 0) is 6.42 Å². The number of thiophene rings is 1. The number of nitrogens with two attached hydrogens (primary N) is 1. The molecule has 0 radical (unpaired) electrons. The highest BCUT2D eigenvalue weighted by molar-refractivity contribution is 9.10. The number of aryl methyl sites for hydroxylation is 2. The van der Waals surface area contributed by atoms with Crippen LogP contribution in [0.5, 0.6) is 0 Å². The number of anilines is 1. The summed E-state index contributed by atoms with van der Waals surface area (Å²) in [6, 6.07) is 6.30. The zero-order valence-corrected chi connectivity index (χ0v) is 13.2. The second-order valence-electron chi connectivity index (χ2n) is 4.50. The van der Waals surface area contributed by atoms with Crippen LogP contribution in [0.15, 0.2) is 28.9 Å². The number of halogens is 1. The van der Waals surface area contributed by atoms with Crippen LogP contribution in [-0.4, -0.2) is 9.38 Å². The monoisotopic (exact) mass is 335 g/mol. The van der Waals surface area contributed by atoms with Gasteiger partial charge in [0, 0.05) is 15.5 Å². The van der Waals surface area contributed by atoms with Gasteiger partial charge < -0.3 is 5.73 Å². The zero-order valence-electron chi connectivity index (χ0n) is 10.8. The van der Waals surface area contributed by atoms with E-state index in [1.807, 2.05) is 17.5 Å². The summed E-state index contributed by atoms with van der Waals surface area (Å²) in [5, 5.41) is 0. The van der Waals surface area contributed by atoms with Crippen LogP contribution in [0.1, 0.15) is 17.4 Å². The van der Waals surface area contributed by atoms with Crippen LogP contribution in [0, 0.1) is 6.92 Å². The molecule has 3 aromatic heterocycles. The number of nitrogen functional groups attached to an aromatic ring is 1. The van der Waals surface area contributed by atoms with Gasteiger partial charge in [-0.25, -0.2) is 4.98 Å². The highest BCUT2D eigenvalue weighted by atomic mass is 79.9. The van der Waals surface area contributed by atoms with Crippen molar-refractivity contribution < 1.29 is 0 Å². The maximum atomic E-state index is 6.25. The Kier molecular flexibility index (Phi) is 3.11. The van der Waals surface area contributed by atoms with Crippen LogP contribution in [0.25, 0.3) is 16.2 Å². The first-order chi connectivity index (χ1) is 9.10. The molecule has 0 spiro atoms. The third-order valence-corrected chi connectivity index (χ3v) is 4.82. The highest BCUT2D eigenvalue weighted by Gasteiger charge is 2.14. The van der Waals surface area contributed by atoms with Gasteiger partial charge in [0.25, 0.3) is 0 Å². The van der Waals surface area contributed by atoms with Crippen molar-refractivity contribution in [2.75, 3.05) is 5.73 Å². The number of hydrogen-bond donors (Lipinski definition) is 1. The Morgan fingerprint density at radius 1 is 1.42 bits per heavy atom. The summed E-state index contributed by atoms with van der Waals surface area (Å²) in [4.78, 5) is 7.18. The van der Waals surface area contributed by atoms with Gasteiger partial charge in [0.05, 0.1) is 4.88 Å². The fourth-order valence-corrected chi connectivity index (χ4v) is 3.66. The van der Waals surface area contributed by atoms with Gasteiger partial charge in [-0.3, -0.25) is 4.40 Å². The molecule has 3 aromatic rings. The average Bonchev–Trinajstić information content (AvgIpc) is 2.95. The summed E-state index contributed by atoms with van der Waals surface area (Å²) >= 11 is 5.25. The van der Waals surface area contributed by atoms with Gasteiger partial charge in [0.2, 0.25) is 0 Å². The topological polar surface area (TPSA) is 43.3 Å². The summed E-state index contributed by atoms with van der Waals surface area (Å²) in [5.41, 5.74) is 9.16. The Balaban J connectivity index is 2.25. The first kappa shape index (κ1) is 12.7. The van der Waals surface area contributed by atoms with Crippen LogP contribution >= 0.6 is 27.3 Å². The van der Waals surface area contributed by atoms with Crippen LogP contribution in [0.3, 0.4) is 0 Å². The van der Waals surface area contributed by atoms with E-state index in [0.717, 1.165) is 32.7 Å². The number of pyridine rings is 1. The van der Waals surface area contributed by atoms with E-state index < -0.39 is 0 Å². The molecular formula is C14H14BrN3S. The van der Waals surface area contributed by atoms with E-state index in [0.29, 0.717) is 5.82 Å². The second kappa shape index (κ2) is 4.65. The Morgan fingerprint density at radius 2 is 2.21 bits per heavy atom. The molecule has 3 heterocycles. The predicted octanol–water partition coefficient (Wildman–Crippen LogP) is 4.28. The molecule has 3 nitrogen and oxygen atoms in total. The number of fused-ring (bicyclic) bond motifs is 1. The largest absolute Gasteiger partial charge is 0.383 e. The Labute approximate surface area is 124 Å². The molecule has 5 heteroatoms. The lowest BCUT2D eigenvalue weighted by Gasteiger charge is -2.00. The predicted molar refractivity (Wildman–Crippen MR) is 84.7 cm³/mol. The van der Waals surface area contributed by atoms with Crippen molar-refractivity contribution in [3.63, 3.8) is 0 Å². The van der Waals surface area contributed by atoms with Crippen LogP contribution < -0.4 is 5.73 Å². The first-order valence-electron chi connectivity index (χ1n) is 6.13. The van der Waals surface area contributed by atoms with E-state index in [-0.39, 0.29) is 0 Å². The lowest BCUT2D eigenvalue weighted by atomic mass is 10.3. The Morgan fingerprint density at radius 3 is 2.89 bits per heavy atom. The van der Waals surface area contributed by atoms with Gasteiger partial charge in [-0.1, -0.05) is 6.92 Å². The lowest BCUT2D eigenvalue weighted by molar-refractivity contribution is 1.16. The van der Waals surface area contributed by atoms with Gasteiger partial charge in [-0.15, -0.1) is 11.3 Å². The van der Waals surface area contributed by atoms with E-state index in [9.17, 15) is 0 Å². The number of hydrogen-bond acceptors (Lipinski definition) is 3. The molecule has 0 fully saturated rings. The molecule has 0 aliphatic rings. The second-order valence-corrected chi connectivity index (χ2v) is 6.58. The van der Waals surface area contributed by atoms with E-state index in [1.165, 1.54) is 4.88 Å². The Bertz CT molecular complexity index is 757. The molecule has 0 aliphatic heterocycles. The summed E-state index contributed by atoms with van der Waals surface area (Å²) in [6.07, 6.45) is 3.00. The fraction of sp³-hybridized carbons (Fsp3) is 0.214. The van der Waals surface area contributed by atoms with Crippen molar-refractivity contribution >= 4 is 38.7 Å². The van der Waals surface area contributed by atoms with E-state index >= 15 is 0 Å². The summed E-state index contributed by atoms with van der Waals surface area (Å²) in [5.74, 6) is 0.698. The third kappa shape index (κ3) is 2.07. The smallest absolute Gasteiger partial charge is 0.142 e. The first-order valence-corrected chi connectivity index (χ1v) is 7.74. The molecule has 0 bridgehead atoms. The minimum atomic E-state index is 0.698. The molecule has 19 heavy (non-hydrogen) atoms. The molecular weight excluding hydrogens is 322 g/mol. The van der Waals surface area contributed by atoms with Crippen LogP contribution in [0.4, 0.5) is 5.82 Å². The molecule has 2 N–H and O–H groups in total. The molecule has 3 rings (SSSR count). The van der Waals surface area contributed by atoms with Crippen molar-refractivity contribution in [1.29, 1.82) is 0 Å². The fourth-order valence-electron chi connectivity index (χ4n) is 2.16. The highest BCUT2D eigenvalue weighted by Crippen LogP contribution is 2.33. The molecule has 0 atom stereocenters. The number of aromatic nitrogens is 2. The zero-order chi connectivity index (χ0) is 13.6. The van der Waals surface area contributed by atoms with Crippen molar-refractivity contribution in [2.24, 2.45) is 0 Å². The molecule has 0 amide bonds. The van der Waals surface area contributed by atoms with Gasteiger partial charge in [0.1, 0.15) is 17.2 Å². The molecule has 0 aromatic carbocycles. The van der Waals surface area contributed by atoms with E-state index in [2.05, 4.69) is 41.1 Å². The maximum absolute atomic E-state index is 6.25. The van der Waals surface area contributed by atoms with E-state index in [1.54, 1.807) is 11.3 Å². The summed E-state index contributed by atoms with van der Waals surface area (Å²) in [6.45, 7) is 4.20. The van der Waals surface area contributed by atoms with Crippen molar-refractivity contribution in [3.8, 4) is 10.6 Å². The molecule has 0 saturated carbocycles. The minimum absolute atomic E-state index is 0.698. The van der Waals surface area contributed by atoms with Gasteiger partial charge in [0.15, 0.2) is 0 Å². The molecule has 0 saturated heterocycles. The SMILES string of the molecule is CCc1ccc(-c2nc3c(C)cc(Br)cn3c2N)s1. The summed E-state index contributed by atoms with van der Waals surface area (Å²) in [7, 11) is 0. The lowest BCUT2D eigenvalue weighted by Crippen LogP contribution is -1.94. The third-order valence-electron chi connectivity index (χ3n) is 3.15. The summed E-state index contributed by atoms with van der Waals surface area (Å²) < 4.78 is 2.95. The minimum Gasteiger partial charge on any atom is -0.383 e. The van der Waals surface area contributed by atoms with Gasteiger partial charge >= 0.3 is 0 Å². The van der Waals surface area contributed by atoms with Crippen molar-refractivity contribution in [3.05, 3.63) is 39.3 Å². The van der Waals surface area contributed by atoms with E-state index in [4.69, 9.17) is 10.7 Å². The number of rotatable bonds is 2. The quantitative estimate of drug-likeness (QED) is 0.759. The normalized spacial score (nSPS) is 11.3. The van der Waals surface area contributed by atoms with Gasteiger partial charge in [-0.2, -0.15) is 0 Å². The van der Waals surface area contributed by atoms with Gasteiger partial charge in [-0.05, 0) is 53.0 Å². The molecule has 98 valence electrons. The Hall–Kier alpha value is -1.33. The molecule has 0 aliphatic carbocycles. The number of nitrogens with zero attached hydrogens (tertiary/aromatic N) is 2. The number of imidazole rings is 1. The van der Waals surface area contributed by atoms with Crippen molar-refractivity contribution in [2.45, 2.75) is 20.3 Å².